The number of hydrogen-bond acceptors (Lipinski definition) is 3. The third-order valence-corrected chi connectivity index (χ3v) is 5.60. The van der Waals surface area contributed by atoms with Crippen LogP contribution in [0.25, 0.3) is 0 Å². The fourth-order valence-corrected chi connectivity index (χ4v) is 4.20. The van der Waals surface area contributed by atoms with Crippen molar-refractivity contribution >= 4 is 41.7 Å². The van der Waals surface area contributed by atoms with Crippen molar-refractivity contribution in [2.24, 2.45) is 12.0 Å². The van der Waals surface area contributed by atoms with E-state index in [9.17, 15) is 0 Å². The summed E-state index contributed by atoms with van der Waals surface area (Å²) >= 11 is 2.07. The van der Waals surface area contributed by atoms with Gasteiger partial charge in [-0.25, -0.2) is 0 Å². The van der Waals surface area contributed by atoms with Crippen LogP contribution < -0.4 is 10.6 Å². The number of halogens is 1. The molecule has 0 spiro atoms. The first-order chi connectivity index (χ1) is 10.7. The molecule has 0 bridgehead atoms. The smallest absolute Gasteiger partial charge is 0.191 e. The Bertz CT molecular complexity index is 509. The molecule has 0 aliphatic carbocycles. The zero-order chi connectivity index (χ0) is 15.9. The van der Waals surface area contributed by atoms with Gasteiger partial charge in [0.1, 0.15) is 0 Å². The number of hydrogen-bond donors (Lipinski definition) is 2. The molecule has 2 N–H and O–H groups in total. The molecule has 2 heterocycles. The molecule has 1 unspecified atom stereocenters. The Hall–Kier alpha value is -0.440. The van der Waals surface area contributed by atoms with Crippen molar-refractivity contribution in [3.05, 3.63) is 17.0 Å². The second-order valence-electron chi connectivity index (χ2n) is 5.64. The molecule has 1 aromatic heterocycles. The number of aromatic nitrogens is 2. The van der Waals surface area contributed by atoms with Crippen molar-refractivity contribution in [3.8, 4) is 0 Å². The highest BCUT2D eigenvalue weighted by Crippen LogP contribution is 2.25. The molecule has 0 radical (unpaired) electrons. The summed E-state index contributed by atoms with van der Waals surface area (Å²) < 4.78 is 2.02. The molecule has 132 valence electrons. The van der Waals surface area contributed by atoms with Crippen LogP contribution in [0.2, 0.25) is 0 Å². The van der Waals surface area contributed by atoms with Crippen LogP contribution in [0.1, 0.15) is 43.6 Å². The van der Waals surface area contributed by atoms with Gasteiger partial charge in [0, 0.05) is 43.7 Å². The maximum absolute atomic E-state index is 4.63. The van der Waals surface area contributed by atoms with Gasteiger partial charge in [-0.3, -0.25) is 9.67 Å². The van der Waals surface area contributed by atoms with Gasteiger partial charge < -0.3 is 10.6 Å². The first-order valence-corrected chi connectivity index (χ1v) is 9.34. The predicted molar refractivity (Wildman–Crippen MR) is 111 cm³/mol. The number of guanidine groups is 1. The Kier molecular flexibility index (Phi) is 9.34. The minimum Gasteiger partial charge on any atom is -0.355 e. The lowest BCUT2D eigenvalue weighted by molar-refractivity contribution is 0.701. The Morgan fingerprint density at radius 1 is 1.35 bits per heavy atom. The zero-order valence-electron chi connectivity index (χ0n) is 14.7. The molecule has 1 saturated heterocycles. The Morgan fingerprint density at radius 3 is 2.70 bits per heavy atom. The van der Waals surface area contributed by atoms with Gasteiger partial charge in [0.25, 0.3) is 0 Å². The van der Waals surface area contributed by atoms with Crippen LogP contribution in [-0.2, 0) is 26.4 Å². The second kappa shape index (κ2) is 10.4. The molecule has 5 nitrogen and oxygen atoms in total. The van der Waals surface area contributed by atoms with Gasteiger partial charge in [-0.2, -0.15) is 16.9 Å². The number of thioether (sulfide) groups is 1. The summed E-state index contributed by atoms with van der Waals surface area (Å²) in [5.74, 6) is 2.19. The molecular weight excluding hydrogens is 421 g/mol. The minimum atomic E-state index is 0. The third kappa shape index (κ3) is 5.55. The Balaban J connectivity index is 0.00000264. The van der Waals surface area contributed by atoms with E-state index in [-0.39, 0.29) is 24.0 Å². The van der Waals surface area contributed by atoms with Gasteiger partial charge in [-0.05, 0) is 31.4 Å². The molecule has 0 amide bonds. The monoisotopic (exact) mass is 451 g/mol. The number of nitrogens with one attached hydrogen (secondary N) is 2. The van der Waals surface area contributed by atoms with Crippen LogP contribution >= 0.6 is 35.7 Å². The summed E-state index contributed by atoms with van der Waals surface area (Å²) in [6.45, 7) is 6.14. The van der Waals surface area contributed by atoms with Crippen LogP contribution in [0.5, 0.6) is 0 Å². The summed E-state index contributed by atoms with van der Waals surface area (Å²) in [6, 6.07) is 0. The van der Waals surface area contributed by atoms with Crippen molar-refractivity contribution < 1.29 is 0 Å². The number of rotatable bonds is 6. The van der Waals surface area contributed by atoms with Gasteiger partial charge in [-0.15, -0.1) is 24.0 Å². The maximum atomic E-state index is 4.63. The van der Waals surface area contributed by atoms with Crippen LogP contribution in [0, 0.1) is 0 Å². The Morgan fingerprint density at radius 2 is 2.13 bits per heavy atom. The van der Waals surface area contributed by atoms with E-state index in [4.69, 9.17) is 0 Å². The fraction of sp³-hybridized carbons (Fsp3) is 0.750. The highest BCUT2D eigenvalue weighted by molar-refractivity contribution is 14.0. The van der Waals surface area contributed by atoms with E-state index in [0.717, 1.165) is 37.1 Å². The molecule has 23 heavy (non-hydrogen) atoms. The van der Waals surface area contributed by atoms with Gasteiger partial charge in [0.2, 0.25) is 0 Å². The first kappa shape index (κ1) is 20.6. The number of nitrogens with zero attached hydrogens (tertiary/aromatic N) is 3. The zero-order valence-corrected chi connectivity index (χ0v) is 17.8. The van der Waals surface area contributed by atoms with Gasteiger partial charge in [-0.1, -0.05) is 13.8 Å². The summed E-state index contributed by atoms with van der Waals surface area (Å²) in [5, 5.41) is 12.3. The molecular formula is C16H30IN5S. The highest BCUT2D eigenvalue weighted by Gasteiger charge is 2.16. The highest BCUT2D eigenvalue weighted by atomic mass is 127. The predicted octanol–water partition coefficient (Wildman–Crippen LogP) is 2.72. The van der Waals surface area contributed by atoms with E-state index >= 15 is 0 Å². The quantitative estimate of drug-likeness (QED) is 0.397. The van der Waals surface area contributed by atoms with E-state index in [0.29, 0.717) is 0 Å². The number of aryl methyl sites for hydroxylation is 2. The van der Waals surface area contributed by atoms with Crippen molar-refractivity contribution in [3.63, 3.8) is 0 Å². The van der Waals surface area contributed by atoms with Crippen molar-refractivity contribution in [1.29, 1.82) is 0 Å². The normalized spacial score (nSPS) is 17.9. The van der Waals surface area contributed by atoms with Gasteiger partial charge in [0.15, 0.2) is 5.96 Å². The van der Waals surface area contributed by atoms with E-state index < -0.39 is 0 Å². The van der Waals surface area contributed by atoms with E-state index in [1.807, 2.05) is 18.8 Å². The van der Waals surface area contributed by atoms with E-state index in [2.05, 4.69) is 46.3 Å². The average molecular weight is 451 g/mol. The van der Waals surface area contributed by atoms with Gasteiger partial charge in [0.05, 0.1) is 5.69 Å². The van der Waals surface area contributed by atoms with Crippen molar-refractivity contribution in [2.75, 3.05) is 19.3 Å². The van der Waals surface area contributed by atoms with Crippen LogP contribution in [0.4, 0.5) is 0 Å². The van der Waals surface area contributed by atoms with Crippen molar-refractivity contribution in [2.45, 2.75) is 51.3 Å². The van der Waals surface area contributed by atoms with Crippen LogP contribution in [0.3, 0.4) is 0 Å². The first-order valence-electron chi connectivity index (χ1n) is 8.29. The molecule has 2 rings (SSSR count). The molecule has 1 fully saturated rings. The van der Waals surface area contributed by atoms with E-state index in [1.54, 1.807) is 0 Å². The summed E-state index contributed by atoms with van der Waals surface area (Å²) in [4.78, 5) is 4.34. The molecule has 7 heteroatoms. The standard InChI is InChI=1S/C16H29N5S.HI/c1-5-14-13(15(6-2)21(4)20-14)11-19-16(17-3)18-10-12-8-7-9-22-12;/h12H,5-11H2,1-4H3,(H2,17,18,19);1H. The number of aliphatic imine (C=N–C) groups is 1. The summed E-state index contributed by atoms with van der Waals surface area (Å²) in [5.41, 5.74) is 3.82. The lowest BCUT2D eigenvalue weighted by Gasteiger charge is -2.15. The van der Waals surface area contributed by atoms with Crippen molar-refractivity contribution in [1.82, 2.24) is 20.4 Å². The molecule has 1 aliphatic heterocycles. The third-order valence-electron chi connectivity index (χ3n) is 4.21. The lowest BCUT2D eigenvalue weighted by Crippen LogP contribution is -2.40. The van der Waals surface area contributed by atoms with Crippen LogP contribution in [0.15, 0.2) is 4.99 Å². The molecule has 0 aromatic carbocycles. The molecule has 1 aromatic rings. The topological polar surface area (TPSA) is 54.2 Å². The second-order valence-corrected chi connectivity index (χ2v) is 7.05. The van der Waals surface area contributed by atoms with Crippen LogP contribution in [-0.4, -0.2) is 40.3 Å². The minimum absolute atomic E-state index is 0. The summed E-state index contributed by atoms with van der Waals surface area (Å²) in [6.07, 6.45) is 4.64. The Labute approximate surface area is 161 Å². The average Bonchev–Trinajstić information content (AvgIpc) is 3.14. The molecule has 0 saturated carbocycles. The fourth-order valence-electron chi connectivity index (χ4n) is 3.00. The van der Waals surface area contributed by atoms with Gasteiger partial charge >= 0.3 is 0 Å². The lowest BCUT2D eigenvalue weighted by atomic mass is 10.1. The molecule has 1 aliphatic rings. The van der Waals surface area contributed by atoms with E-state index in [1.165, 1.54) is 35.5 Å². The largest absolute Gasteiger partial charge is 0.355 e. The molecule has 1 atom stereocenters. The summed E-state index contributed by atoms with van der Waals surface area (Å²) in [7, 11) is 3.87. The SMILES string of the molecule is CCc1nn(C)c(CC)c1CNC(=NC)NCC1CCCS1.I. The maximum Gasteiger partial charge on any atom is 0.191 e.